The monoisotopic (exact) mass is 408 g/mol. The van der Waals surface area contributed by atoms with Crippen LogP contribution in [0, 0.1) is 18.6 Å². The second kappa shape index (κ2) is 7.10. The van der Waals surface area contributed by atoms with E-state index in [0.717, 1.165) is 71.8 Å². The topological polar surface area (TPSA) is 16.1 Å². The molecule has 3 aliphatic rings. The Kier molecular flexibility index (Phi) is 4.64. The summed E-state index contributed by atoms with van der Waals surface area (Å²) < 4.78 is 30.1. The molecule has 0 spiro atoms. The number of quaternary nitrogens is 1. The van der Waals surface area contributed by atoms with Gasteiger partial charge in [0.15, 0.2) is 0 Å². The molecule has 0 N–H and O–H groups in total. The molecule has 2 aromatic carbocycles. The maximum Gasteiger partial charge on any atom is 0.238 e. The van der Waals surface area contributed by atoms with Crippen molar-refractivity contribution in [3.63, 3.8) is 0 Å². The Morgan fingerprint density at radius 2 is 1.57 bits per heavy atom. The largest absolute Gasteiger partial charge is 0.287 e. The lowest BCUT2D eigenvalue weighted by Crippen LogP contribution is -2.68. The van der Waals surface area contributed by atoms with Gasteiger partial charge in [-0.1, -0.05) is 38.1 Å². The van der Waals surface area contributed by atoms with Crippen molar-refractivity contribution in [3.8, 4) is 11.1 Å². The highest BCUT2D eigenvalue weighted by Gasteiger charge is 2.43. The van der Waals surface area contributed by atoms with Crippen LogP contribution in [0.15, 0.2) is 36.4 Å². The van der Waals surface area contributed by atoms with Crippen molar-refractivity contribution in [1.29, 1.82) is 0 Å². The molecule has 1 aromatic heterocycles. The van der Waals surface area contributed by atoms with Crippen molar-refractivity contribution in [1.82, 2.24) is 14.4 Å². The van der Waals surface area contributed by atoms with Crippen molar-refractivity contribution in [2.75, 3.05) is 39.3 Å². The number of piperazine rings is 3. The van der Waals surface area contributed by atoms with Crippen LogP contribution in [0.2, 0.25) is 0 Å². The summed E-state index contributed by atoms with van der Waals surface area (Å²) in [7, 11) is 0. The standard InChI is InChI=1S/C25H28F2N3/c1-16(2)24-21(18-5-7-19(26)8-6-18)20-9-4-17(3)23(27)22(20)25(28-24)30-13-10-29(11-14-30)12-15-30/h4-9,16H,10-15H2,1-3H3/q+1. The van der Waals surface area contributed by atoms with Crippen LogP contribution in [-0.2, 0) is 0 Å². The minimum Gasteiger partial charge on any atom is -0.287 e. The highest BCUT2D eigenvalue weighted by Crippen LogP contribution is 2.43. The fourth-order valence-corrected chi connectivity index (χ4v) is 5.14. The van der Waals surface area contributed by atoms with Crippen LogP contribution in [-0.4, -0.2) is 49.2 Å². The summed E-state index contributed by atoms with van der Waals surface area (Å²) in [6.45, 7) is 12.1. The Balaban J connectivity index is 1.87. The predicted octanol–water partition coefficient (Wildman–Crippen LogP) is 5.25. The van der Waals surface area contributed by atoms with Gasteiger partial charge < -0.3 is 0 Å². The summed E-state index contributed by atoms with van der Waals surface area (Å²) in [6.07, 6.45) is 0. The maximum atomic E-state index is 15.7. The highest BCUT2D eigenvalue weighted by molar-refractivity contribution is 6.03. The number of aromatic nitrogens is 1. The number of aryl methyl sites for hydroxylation is 1. The van der Waals surface area contributed by atoms with Crippen molar-refractivity contribution >= 4 is 16.6 Å². The molecular formula is C25H28F2N3+. The molecule has 30 heavy (non-hydrogen) atoms. The highest BCUT2D eigenvalue weighted by atomic mass is 19.1. The Morgan fingerprint density at radius 3 is 2.17 bits per heavy atom. The number of pyridine rings is 1. The smallest absolute Gasteiger partial charge is 0.238 e. The van der Waals surface area contributed by atoms with Gasteiger partial charge in [-0.3, -0.25) is 9.38 Å². The molecule has 2 bridgehead atoms. The molecule has 3 aromatic rings. The van der Waals surface area contributed by atoms with Crippen LogP contribution in [0.5, 0.6) is 0 Å². The molecule has 0 unspecified atom stereocenters. The lowest BCUT2D eigenvalue weighted by Gasteiger charge is -2.49. The Bertz CT molecular complexity index is 1100. The van der Waals surface area contributed by atoms with E-state index >= 15 is 4.39 Å². The van der Waals surface area contributed by atoms with Crippen LogP contribution < -0.4 is 4.48 Å². The van der Waals surface area contributed by atoms with Crippen LogP contribution in [0.1, 0.15) is 31.0 Å². The number of nitrogens with zero attached hydrogens (tertiary/aromatic N) is 3. The zero-order chi connectivity index (χ0) is 21.0. The van der Waals surface area contributed by atoms with Gasteiger partial charge in [-0.25, -0.2) is 8.78 Å². The van der Waals surface area contributed by atoms with Crippen molar-refractivity contribution in [3.05, 3.63) is 59.3 Å². The van der Waals surface area contributed by atoms with E-state index in [1.165, 1.54) is 12.1 Å². The van der Waals surface area contributed by atoms with Gasteiger partial charge in [-0.05, 0) is 36.1 Å². The Morgan fingerprint density at radius 1 is 0.933 bits per heavy atom. The van der Waals surface area contributed by atoms with Gasteiger partial charge in [-0.15, -0.1) is 0 Å². The van der Waals surface area contributed by atoms with Gasteiger partial charge in [0, 0.05) is 30.6 Å². The molecule has 156 valence electrons. The quantitative estimate of drug-likeness (QED) is 0.551. The van der Waals surface area contributed by atoms with Crippen LogP contribution in [0.3, 0.4) is 0 Å². The van der Waals surface area contributed by atoms with E-state index in [4.69, 9.17) is 4.98 Å². The predicted molar refractivity (Wildman–Crippen MR) is 119 cm³/mol. The molecule has 3 aliphatic heterocycles. The molecule has 3 nitrogen and oxygen atoms in total. The molecule has 4 heterocycles. The first-order valence-electron chi connectivity index (χ1n) is 10.9. The zero-order valence-electron chi connectivity index (χ0n) is 17.9. The second-order valence-corrected chi connectivity index (χ2v) is 9.13. The maximum absolute atomic E-state index is 15.7. The molecule has 0 aliphatic carbocycles. The van der Waals surface area contributed by atoms with Crippen molar-refractivity contribution < 1.29 is 8.78 Å². The van der Waals surface area contributed by atoms with E-state index in [9.17, 15) is 4.39 Å². The molecule has 0 saturated carbocycles. The van der Waals surface area contributed by atoms with E-state index in [0.29, 0.717) is 10.9 Å². The summed E-state index contributed by atoms with van der Waals surface area (Å²) >= 11 is 0. The van der Waals surface area contributed by atoms with Crippen LogP contribution in [0.4, 0.5) is 14.6 Å². The van der Waals surface area contributed by atoms with Gasteiger partial charge in [0.25, 0.3) is 0 Å². The fraction of sp³-hybridized carbons (Fsp3) is 0.400. The normalized spacial score (nSPS) is 23.5. The first-order chi connectivity index (χ1) is 14.4. The second-order valence-electron chi connectivity index (χ2n) is 9.13. The molecule has 3 saturated heterocycles. The number of hydrogen-bond acceptors (Lipinski definition) is 2. The number of fused-ring (bicyclic) bond motifs is 4. The van der Waals surface area contributed by atoms with Gasteiger partial charge in [0.1, 0.15) is 17.0 Å². The third-order valence-electron chi connectivity index (χ3n) is 6.97. The van der Waals surface area contributed by atoms with E-state index < -0.39 is 0 Å². The summed E-state index contributed by atoms with van der Waals surface area (Å²) in [5.74, 6) is 0.612. The van der Waals surface area contributed by atoms with E-state index in [-0.39, 0.29) is 17.6 Å². The number of rotatable bonds is 3. The summed E-state index contributed by atoms with van der Waals surface area (Å²) in [6, 6.07) is 10.4. The number of hydrogen-bond donors (Lipinski definition) is 0. The van der Waals surface area contributed by atoms with E-state index in [1.54, 1.807) is 12.1 Å². The van der Waals surface area contributed by atoms with E-state index in [1.807, 2.05) is 19.1 Å². The first kappa shape index (κ1) is 19.6. The average Bonchev–Trinajstić information content (AvgIpc) is 2.77. The van der Waals surface area contributed by atoms with Gasteiger partial charge >= 0.3 is 0 Å². The van der Waals surface area contributed by atoms with Crippen molar-refractivity contribution in [2.24, 2.45) is 0 Å². The SMILES string of the molecule is Cc1ccc2c(-c3ccc(F)cc3)c(C(C)C)nc([N+]34CCN(CC3)CC4)c2c1F. The average molecular weight is 409 g/mol. The third kappa shape index (κ3) is 2.95. The van der Waals surface area contributed by atoms with Gasteiger partial charge in [0.2, 0.25) is 5.82 Å². The molecule has 0 atom stereocenters. The molecule has 0 radical (unpaired) electrons. The molecule has 0 amide bonds. The molecular weight excluding hydrogens is 380 g/mol. The minimum absolute atomic E-state index is 0.168. The first-order valence-corrected chi connectivity index (χ1v) is 10.9. The number of halogens is 2. The number of benzene rings is 2. The fourth-order valence-electron chi connectivity index (χ4n) is 5.14. The third-order valence-corrected chi connectivity index (χ3v) is 6.97. The Labute approximate surface area is 176 Å². The summed E-state index contributed by atoms with van der Waals surface area (Å²) in [5, 5.41) is 1.54. The van der Waals surface area contributed by atoms with Gasteiger partial charge in [-0.2, -0.15) is 4.98 Å². The zero-order valence-corrected chi connectivity index (χ0v) is 17.9. The molecule has 3 fully saturated rings. The lowest BCUT2D eigenvalue weighted by atomic mass is 9.91. The molecule has 5 heteroatoms. The summed E-state index contributed by atoms with van der Waals surface area (Å²) in [4.78, 5) is 7.70. The minimum atomic E-state index is -0.273. The lowest BCUT2D eigenvalue weighted by molar-refractivity contribution is 0.0664. The van der Waals surface area contributed by atoms with Crippen molar-refractivity contribution in [2.45, 2.75) is 26.7 Å². The molecule has 6 rings (SSSR count). The van der Waals surface area contributed by atoms with Gasteiger partial charge in [0.05, 0.1) is 25.3 Å². The van der Waals surface area contributed by atoms with Crippen LogP contribution in [0.25, 0.3) is 21.9 Å². The summed E-state index contributed by atoms with van der Waals surface area (Å²) in [5.41, 5.74) is 3.42. The van der Waals surface area contributed by atoms with E-state index in [2.05, 4.69) is 18.7 Å². The Hall–Kier alpha value is -2.37. The van der Waals surface area contributed by atoms with Crippen LogP contribution >= 0.6 is 0 Å².